The van der Waals surface area contributed by atoms with Crippen LogP contribution in [-0.2, 0) is 13.6 Å². The Balaban J connectivity index is 1.76. The van der Waals surface area contributed by atoms with Crippen molar-refractivity contribution >= 4 is 16.8 Å². The van der Waals surface area contributed by atoms with E-state index in [2.05, 4.69) is 10.3 Å². The van der Waals surface area contributed by atoms with Gasteiger partial charge in [0.05, 0.1) is 0 Å². The highest BCUT2D eigenvalue weighted by atomic mass is 16.2. The number of rotatable bonds is 3. The molecule has 0 aliphatic rings. The maximum Gasteiger partial charge on any atom is 0.263 e. The number of benzene rings is 1. The first-order valence-corrected chi connectivity index (χ1v) is 6.65. The minimum Gasteiger partial charge on any atom is -0.361 e. The van der Waals surface area contributed by atoms with Crippen LogP contribution < -0.4 is 10.9 Å². The van der Waals surface area contributed by atoms with Gasteiger partial charge in [-0.1, -0.05) is 12.1 Å². The molecule has 0 atom stereocenters. The zero-order chi connectivity index (χ0) is 14.8. The lowest BCUT2D eigenvalue weighted by Crippen LogP contribution is -2.31. The minimum absolute atomic E-state index is 0.154. The SMILES string of the molecule is Cn1cccc(C(=O)NCc2ccc3cc[nH]c3c2)c1=O. The molecule has 2 heterocycles. The van der Waals surface area contributed by atoms with Crippen molar-refractivity contribution < 1.29 is 4.79 Å². The molecule has 0 bridgehead atoms. The van der Waals surface area contributed by atoms with Crippen molar-refractivity contribution in [1.82, 2.24) is 14.9 Å². The third-order valence-electron chi connectivity index (χ3n) is 3.44. The van der Waals surface area contributed by atoms with E-state index in [0.29, 0.717) is 6.54 Å². The van der Waals surface area contributed by atoms with Crippen molar-refractivity contribution in [1.29, 1.82) is 0 Å². The third-order valence-corrected chi connectivity index (χ3v) is 3.44. The fourth-order valence-corrected chi connectivity index (χ4v) is 2.25. The van der Waals surface area contributed by atoms with Crippen molar-refractivity contribution in [2.24, 2.45) is 7.05 Å². The normalized spacial score (nSPS) is 10.7. The number of hydrogen-bond acceptors (Lipinski definition) is 2. The van der Waals surface area contributed by atoms with Gasteiger partial charge in [-0.2, -0.15) is 0 Å². The number of amides is 1. The van der Waals surface area contributed by atoms with Gasteiger partial charge in [-0.05, 0) is 35.2 Å². The molecule has 0 aliphatic carbocycles. The molecule has 1 amide bonds. The first kappa shape index (κ1) is 13.2. The van der Waals surface area contributed by atoms with Crippen molar-refractivity contribution in [3.8, 4) is 0 Å². The van der Waals surface area contributed by atoms with Crippen LogP contribution in [0.15, 0.2) is 53.6 Å². The molecule has 0 aliphatic heterocycles. The standard InChI is InChI=1S/C16H15N3O2/c1-19-8-2-3-13(16(19)21)15(20)18-10-11-4-5-12-6-7-17-14(12)9-11/h2-9,17H,10H2,1H3,(H,18,20). The molecule has 5 heteroatoms. The average Bonchev–Trinajstić information content (AvgIpc) is 2.95. The molecule has 0 saturated heterocycles. The van der Waals surface area contributed by atoms with Crippen LogP contribution in [0, 0.1) is 0 Å². The Labute approximate surface area is 121 Å². The summed E-state index contributed by atoms with van der Waals surface area (Å²) in [7, 11) is 1.62. The van der Waals surface area contributed by atoms with E-state index in [1.165, 1.54) is 10.6 Å². The van der Waals surface area contributed by atoms with Crippen LogP contribution in [0.3, 0.4) is 0 Å². The van der Waals surface area contributed by atoms with E-state index in [1.807, 2.05) is 30.5 Å². The van der Waals surface area contributed by atoms with E-state index in [1.54, 1.807) is 19.3 Å². The lowest BCUT2D eigenvalue weighted by molar-refractivity contribution is 0.0949. The molecular formula is C16H15N3O2. The number of nitrogens with zero attached hydrogens (tertiary/aromatic N) is 1. The largest absolute Gasteiger partial charge is 0.361 e. The summed E-state index contributed by atoms with van der Waals surface area (Å²) in [6.45, 7) is 0.381. The molecule has 1 aromatic carbocycles. The van der Waals surface area contributed by atoms with Gasteiger partial charge in [-0.3, -0.25) is 9.59 Å². The van der Waals surface area contributed by atoms with E-state index >= 15 is 0 Å². The molecule has 2 N–H and O–H groups in total. The quantitative estimate of drug-likeness (QED) is 0.768. The molecule has 0 saturated carbocycles. The van der Waals surface area contributed by atoms with Gasteiger partial charge in [0.1, 0.15) is 5.56 Å². The summed E-state index contributed by atoms with van der Waals surface area (Å²) in [5.41, 5.74) is 1.86. The van der Waals surface area contributed by atoms with E-state index in [4.69, 9.17) is 0 Å². The molecule has 21 heavy (non-hydrogen) atoms. The Kier molecular flexibility index (Phi) is 3.31. The summed E-state index contributed by atoms with van der Waals surface area (Å²) >= 11 is 0. The molecule has 106 valence electrons. The molecule has 0 unspecified atom stereocenters. The average molecular weight is 281 g/mol. The van der Waals surface area contributed by atoms with Crippen LogP contribution in [-0.4, -0.2) is 15.5 Å². The number of fused-ring (bicyclic) bond motifs is 1. The predicted octanol–water partition coefficient (Wildman–Crippen LogP) is 1.80. The number of aromatic amines is 1. The van der Waals surface area contributed by atoms with Crippen LogP contribution >= 0.6 is 0 Å². The van der Waals surface area contributed by atoms with Gasteiger partial charge in [0.15, 0.2) is 0 Å². The third kappa shape index (κ3) is 2.58. The maximum absolute atomic E-state index is 12.1. The Morgan fingerprint density at radius 3 is 3.00 bits per heavy atom. The molecular weight excluding hydrogens is 266 g/mol. The van der Waals surface area contributed by atoms with Crippen molar-refractivity contribution in [3.63, 3.8) is 0 Å². The zero-order valence-corrected chi connectivity index (χ0v) is 11.6. The number of H-pyrrole nitrogens is 1. The van der Waals surface area contributed by atoms with Gasteiger partial charge in [-0.15, -0.1) is 0 Å². The summed E-state index contributed by atoms with van der Waals surface area (Å²) in [4.78, 5) is 27.1. The topological polar surface area (TPSA) is 66.9 Å². The van der Waals surface area contributed by atoms with Gasteiger partial charge in [-0.25, -0.2) is 0 Å². The van der Waals surface area contributed by atoms with Crippen LogP contribution in [0.1, 0.15) is 15.9 Å². The zero-order valence-electron chi connectivity index (χ0n) is 11.6. The number of aryl methyl sites for hydroxylation is 1. The number of carbonyl (C=O) groups excluding carboxylic acids is 1. The molecule has 0 fully saturated rings. The molecule has 0 radical (unpaired) electrons. The van der Waals surface area contributed by atoms with Gasteiger partial charge >= 0.3 is 0 Å². The van der Waals surface area contributed by atoms with Gasteiger partial charge in [0.25, 0.3) is 11.5 Å². The summed E-state index contributed by atoms with van der Waals surface area (Å²) < 4.78 is 1.39. The molecule has 0 spiro atoms. The highest BCUT2D eigenvalue weighted by Gasteiger charge is 2.10. The van der Waals surface area contributed by atoms with E-state index in [-0.39, 0.29) is 17.0 Å². The van der Waals surface area contributed by atoms with Crippen LogP contribution in [0.25, 0.3) is 10.9 Å². The summed E-state index contributed by atoms with van der Waals surface area (Å²) in [5.74, 6) is -0.359. The number of pyridine rings is 1. The highest BCUT2D eigenvalue weighted by Crippen LogP contribution is 2.13. The number of hydrogen-bond donors (Lipinski definition) is 2. The predicted molar refractivity (Wildman–Crippen MR) is 81.2 cm³/mol. The Morgan fingerprint density at radius 2 is 2.14 bits per heavy atom. The molecule has 3 rings (SSSR count). The van der Waals surface area contributed by atoms with Crippen molar-refractivity contribution in [2.45, 2.75) is 6.54 Å². The molecule has 5 nitrogen and oxygen atoms in total. The highest BCUT2D eigenvalue weighted by molar-refractivity contribution is 5.93. The monoisotopic (exact) mass is 281 g/mol. The Bertz CT molecular complexity index is 861. The van der Waals surface area contributed by atoms with Crippen LogP contribution in [0.5, 0.6) is 0 Å². The fourth-order valence-electron chi connectivity index (χ4n) is 2.25. The Hall–Kier alpha value is -2.82. The smallest absolute Gasteiger partial charge is 0.263 e. The summed E-state index contributed by atoms with van der Waals surface area (Å²) in [6.07, 6.45) is 3.50. The van der Waals surface area contributed by atoms with Gasteiger partial charge in [0, 0.05) is 31.5 Å². The second-order valence-corrected chi connectivity index (χ2v) is 4.92. The van der Waals surface area contributed by atoms with E-state index in [0.717, 1.165) is 16.5 Å². The first-order valence-electron chi connectivity index (χ1n) is 6.65. The van der Waals surface area contributed by atoms with E-state index in [9.17, 15) is 9.59 Å². The lowest BCUT2D eigenvalue weighted by Gasteiger charge is -2.06. The number of aromatic nitrogens is 2. The summed E-state index contributed by atoms with van der Waals surface area (Å²) in [6, 6.07) is 11.1. The maximum atomic E-state index is 12.1. The van der Waals surface area contributed by atoms with Crippen molar-refractivity contribution in [2.75, 3.05) is 0 Å². The second-order valence-electron chi connectivity index (χ2n) is 4.92. The number of nitrogens with one attached hydrogen (secondary N) is 2. The lowest BCUT2D eigenvalue weighted by atomic mass is 10.1. The summed E-state index contributed by atoms with van der Waals surface area (Å²) in [5, 5.41) is 3.90. The van der Waals surface area contributed by atoms with Crippen LogP contribution in [0.2, 0.25) is 0 Å². The van der Waals surface area contributed by atoms with Gasteiger partial charge in [0.2, 0.25) is 0 Å². The minimum atomic E-state index is -0.359. The van der Waals surface area contributed by atoms with Gasteiger partial charge < -0.3 is 14.9 Å². The molecule has 3 aromatic rings. The Morgan fingerprint density at radius 1 is 1.29 bits per heavy atom. The first-order chi connectivity index (χ1) is 10.1. The fraction of sp³-hybridized carbons (Fsp3) is 0.125. The number of carbonyl (C=O) groups is 1. The van der Waals surface area contributed by atoms with E-state index < -0.39 is 0 Å². The molecule has 2 aromatic heterocycles. The van der Waals surface area contributed by atoms with Crippen LogP contribution in [0.4, 0.5) is 0 Å². The van der Waals surface area contributed by atoms with Crippen molar-refractivity contribution in [3.05, 3.63) is 70.3 Å². The second kappa shape index (κ2) is 5.28.